The maximum atomic E-state index is 6.09. The van der Waals surface area contributed by atoms with Gasteiger partial charge in [-0.25, -0.2) is 19.6 Å². The predicted molar refractivity (Wildman–Crippen MR) is 87.5 cm³/mol. The molecule has 3 aromatic rings. The molecule has 3 rings (SSSR count). The van der Waals surface area contributed by atoms with Crippen molar-refractivity contribution >= 4 is 11.6 Å². The molecular weight excluding hydrogens is 314 g/mol. The Bertz CT molecular complexity index is 818. The molecule has 0 radical (unpaired) electrons. The van der Waals surface area contributed by atoms with Crippen LogP contribution in [0.2, 0.25) is 5.02 Å². The largest absolute Gasteiger partial charge is 0.476 e. The lowest BCUT2D eigenvalue weighted by molar-refractivity contribution is 0.326. The molecule has 0 atom stereocenters. The molecule has 1 aromatic carbocycles. The van der Waals surface area contributed by atoms with Gasteiger partial charge in [0.25, 0.3) is 0 Å². The summed E-state index contributed by atoms with van der Waals surface area (Å²) in [5.74, 6) is 1.22. The maximum absolute atomic E-state index is 6.09. The van der Waals surface area contributed by atoms with Gasteiger partial charge >= 0.3 is 0 Å². The minimum atomic E-state index is 0.494. The van der Waals surface area contributed by atoms with Crippen LogP contribution < -0.4 is 4.74 Å². The number of aromatic nitrogens is 5. The molecule has 118 valence electrons. The van der Waals surface area contributed by atoms with Gasteiger partial charge in [-0.3, -0.25) is 0 Å². The second kappa shape index (κ2) is 6.75. The van der Waals surface area contributed by atoms with Crippen molar-refractivity contribution in [1.82, 2.24) is 24.7 Å². The fourth-order valence-electron chi connectivity index (χ4n) is 2.19. The Labute approximate surface area is 139 Å². The number of benzene rings is 1. The van der Waals surface area contributed by atoms with Crippen LogP contribution in [0.5, 0.6) is 5.88 Å². The van der Waals surface area contributed by atoms with Gasteiger partial charge in [-0.15, -0.1) is 0 Å². The third-order valence-electron chi connectivity index (χ3n) is 3.14. The van der Waals surface area contributed by atoms with Gasteiger partial charge in [-0.1, -0.05) is 23.7 Å². The molecule has 0 aliphatic heterocycles. The molecule has 0 spiro atoms. The summed E-state index contributed by atoms with van der Waals surface area (Å²) in [5.41, 5.74) is 2.31. The van der Waals surface area contributed by atoms with Crippen LogP contribution in [0.15, 0.2) is 36.8 Å². The van der Waals surface area contributed by atoms with Crippen molar-refractivity contribution in [3.05, 3.63) is 53.3 Å². The highest BCUT2D eigenvalue weighted by molar-refractivity contribution is 6.30. The molecule has 0 fully saturated rings. The van der Waals surface area contributed by atoms with Gasteiger partial charge < -0.3 is 4.74 Å². The third-order valence-corrected chi connectivity index (χ3v) is 3.38. The number of ether oxygens (including phenoxy) is 1. The molecule has 0 N–H and O–H groups in total. The number of aryl methyl sites for hydroxylation is 1. The smallest absolute Gasteiger partial charge is 0.240 e. The topological polar surface area (TPSA) is 65.7 Å². The first-order chi connectivity index (χ1) is 11.2. The van der Waals surface area contributed by atoms with Crippen molar-refractivity contribution < 1.29 is 4.74 Å². The van der Waals surface area contributed by atoms with E-state index in [2.05, 4.69) is 20.1 Å². The highest BCUT2D eigenvalue weighted by atomic mass is 35.5. The van der Waals surface area contributed by atoms with E-state index in [1.54, 1.807) is 17.2 Å². The summed E-state index contributed by atoms with van der Waals surface area (Å²) >= 11 is 6.09. The molecule has 0 bridgehead atoms. The fraction of sp³-hybridized carbons (Fsp3) is 0.250. The first kappa shape index (κ1) is 15.4. The van der Waals surface area contributed by atoms with E-state index in [1.807, 2.05) is 38.1 Å². The molecule has 0 saturated heterocycles. The SMILES string of the molecule is CCOc1ncc(Cn2cnc(C)n2)nc1-c1cccc(Cl)c1. The second-order valence-corrected chi connectivity index (χ2v) is 5.38. The Kier molecular flexibility index (Phi) is 4.52. The summed E-state index contributed by atoms with van der Waals surface area (Å²) < 4.78 is 7.31. The van der Waals surface area contributed by atoms with Crippen LogP contribution in [0, 0.1) is 6.92 Å². The summed E-state index contributed by atoms with van der Waals surface area (Å²) in [4.78, 5) is 13.2. The van der Waals surface area contributed by atoms with Crippen molar-refractivity contribution in [3.8, 4) is 17.1 Å². The Morgan fingerprint density at radius 3 is 2.83 bits per heavy atom. The molecule has 0 amide bonds. The van der Waals surface area contributed by atoms with E-state index in [0.29, 0.717) is 29.7 Å². The third kappa shape index (κ3) is 3.65. The van der Waals surface area contributed by atoms with Gasteiger partial charge in [0.1, 0.15) is 17.8 Å². The monoisotopic (exact) mass is 329 g/mol. The Hall–Kier alpha value is -2.47. The second-order valence-electron chi connectivity index (χ2n) is 4.95. The van der Waals surface area contributed by atoms with Crippen molar-refractivity contribution in [2.45, 2.75) is 20.4 Å². The van der Waals surface area contributed by atoms with Gasteiger partial charge in [0.05, 0.1) is 25.0 Å². The molecule has 2 aromatic heterocycles. The van der Waals surface area contributed by atoms with Crippen molar-refractivity contribution in [1.29, 1.82) is 0 Å². The Morgan fingerprint density at radius 2 is 2.13 bits per heavy atom. The van der Waals surface area contributed by atoms with Gasteiger partial charge in [-0.2, -0.15) is 5.10 Å². The zero-order valence-corrected chi connectivity index (χ0v) is 13.7. The molecule has 23 heavy (non-hydrogen) atoms. The van der Waals surface area contributed by atoms with E-state index in [4.69, 9.17) is 16.3 Å². The average molecular weight is 330 g/mol. The summed E-state index contributed by atoms with van der Waals surface area (Å²) in [6, 6.07) is 7.47. The number of halogens is 1. The van der Waals surface area contributed by atoms with E-state index in [-0.39, 0.29) is 0 Å². The number of hydrogen-bond donors (Lipinski definition) is 0. The fourth-order valence-corrected chi connectivity index (χ4v) is 2.38. The lowest BCUT2D eigenvalue weighted by atomic mass is 10.1. The van der Waals surface area contributed by atoms with Crippen molar-refractivity contribution in [2.24, 2.45) is 0 Å². The van der Waals surface area contributed by atoms with Gasteiger partial charge in [0.15, 0.2) is 0 Å². The zero-order valence-electron chi connectivity index (χ0n) is 12.9. The summed E-state index contributed by atoms with van der Waals surface area (Å²) in [6.45, 7) is 4.77. The van der Waals surface area contributed by atoms with Crippen LogP contribution >= 0.6 is 11.6 Å². The minimum absolute atomic E-state index is 0.494. The first-order valence-electron chi connectivity index (χ1n) is 7.26. The van der Waals surface area contributed by atoms with Crippen molar-refractivity contribution in [2.75, 3.05) is 6.61 Å². The minimum Gasteiger partial charge on any atom is -0.476 e. The zero-order chi connectivity index (χ0) is 16.2. The lowest BCUT2D eigenvalue weighted by Gasteiger charge is -2.10. The molecule has 0 aliphatic rings. The van der Waals surface area contributed by atoms with Gasteiger partial charge in [-0.05, 0) is 26.0 Å². The van der Waals surface area contributed by atoms with E-state index in [9.17, 15) is 0 Å². The standard InChI is InChI=1S/C16H16ClN5O/c1-3-23-16-15(12-5-4-6-13(17)7-12)20-14(8-18-16)9-22-10-19-11(2)21-22/h4-8,10H,3,9H2,1-2H3. The number of hydrogen-bond acceptors (Lipinski definition) is 5. The normalized spacial score (nSPS) is 10.7. The van der Waals surface area contributed by atoms with Crippen LogP contribution in [0.3, 0.4) is 0 Å². The quantitative estimate of drug-likeness (QED) is 0.719. The van der Waals surface area contributed by atoms with Crippen molar-refractivity contribution in [3.63, 3.8) is 0 Å². The molecule has 0 saturated carbocycles. The van der Waals surface area contributed by atoms with Gasteiger partial charge in [0.2, 0.25) is 5.88 Å². The van der Waals surface area contributed by atoms with E-state index in [0.717, 1.165) is 17.1 Å². The average Bonchev–Trinajstić information content (AvgIpc) is 2.94. The Balaban J connectivity index is 1.99. The van der Waals surface area contributed by atoms with Gasteiger partial charge in [0, 0.05) is 10.6 Å². The summed E-state index contributed by atoms with van der Waals surface area (Å²) in [6.07, 6.45) is 3.36. The summed E-state index contributed by atoms with van der Waals surface area (Å²) in [7, 11) is 0. The van der Waals surface area contributed by atoms with Crippen LogP contribution in [0.1, 0.15) is 18.4 Å². The predicted octanol–water partition coefficient (Wildman–Crippen LogP) is 3.14. The summed E-state index contributed by atoms with van der Waals surface area (Å²) in [5, 5.41) is 4.91. The number of rotatable bonds is 5. The molecule has 7 heteroatoms. The molecule has 0 unspecified atom stereocenters. The molecule has 0 aliphatic carbocycles. The van der Waals surface area contributed by atoms with Crippen LogP contribution in [0.25, 0.3) is 11.3 Å². The molecule has 2 heterocycles. The van der Waals surface area contributed by atoms with Crippen LogP contribution in [0.4, 0.5) is 0 Å². The number of nitrogens with zero attached hydrogens (tertiary/aromatic N) is 5. The Morgan fingerprint density at radius 1 is 1.26 bits per heavy atom. The van der Waals surface area contributed by atoms with E-state index in [1.165, 1.54) is 0 Å². The van der Waals surface area contributed by atoms with Crippen LogP contribution in [-0.4, -0.2) is 31.3 Å². The van der Waals surface area contributed by atoms with Crippen LogP contribution in [-0.2, 0) is 6.54 Å². The highest BCUT2D eigenvalue weighted by Gasteiger charge is 2.12. The van der Waals surface area contributed by atoms with E-state index >= 15 is 0 Å². The maximum Gasteiger partial charge on any atom is 0.240 e. The highest BCUT2D eigenvalue weighted by Crippen LogP contribution is 2.28. The van der Waals surface area contributed by atoms with E-state index < -0.39 is 0 Å². The first-order valence-corrected chi connectivity index (χ1v) is 7.64. The molecular formula is C16H16ClN5O. The lowest BCUT2D eigenvalue weighted by Crippen LogP contribution is -2.06. The molecule has 6 nitrogen and oxygen atoms in total.